The third-order valence-corrected chi connectivity index (χ3v) is 2.04. The van der Waals surface area contributed by atoms with E-state index in [0.717, 1.165) is 0 Å². The van der Waals surface area contributed by atoms with Gasteiger partial charge in [0, 0.05) is 0 Å². The monoisotopic (exact) mass is 251 g/mol. The van der Waals surface area contributed by atoms with E-state index in [0.29, 0.717) is 18.2 Å². The molecule has 1 aromatic rings. The van der Waals surface area contributed by atoms with Crippen LogP contribution in [0.3, 0.4) is 0 Å². The molecule has 0 saturated carbocycles. The Labute approximate surface area is 94.1 Å². The van der Waals surface area contributed by atoms with E-state index in [1.807, 2.05) is 0 Å². The third kappa shape index (κ3) is 3.33. The second kappa shape index (κ2) is 4.60. The maximum atomic E-state index is 13.2. The number of nitrogens with one attached hydrogen (secondary N) is 1. The fourth-order valence-electron chi connectivity index (χ4n) is 1.11. The van der Waals surface area contributed by atoms with E-state index < -0.39 is 35.3 Å². The Morgan fingerprint density at radius 3 is 2.47 bits per heavy atom. The summed E-state index contributed by atoms with van der Waals surface area (Å²) in [6.07, 6.45) is -4.60. The lowest BCUT2D eigenvalue weighted by Gasteiger charge is -2.14. The van der Waals surface area contributed by atoms with Gasteiger partial charge in [0.2, 0.25) is 0 Å². The Hall–Kier alpha value is -1.79. The Bertz CT molecular complexity index is 431. The molecular weight excluding hydrogens is 242 g/mol. The van der Waals surface area contributed by atoms with Crippen molar-refractivity contribution in [3.8, 4) is 0 Å². The highest BCUT2D eigenvalue weighted by molar-refractivity contribution is 5.76. The third-order valence-electron chi connectivity index (χ3n) is 2.04. The molecule has 0 aliphatic rings. The summed E-state index contributed by atoms with van der Waals surface area (Å²) in [5.41, 5.74) is -1.53. The molecule has 94 valence electrons. The first-order chi connectivity index (χ1) is 7.71. The van der Waals surface area contributed by atoms with Gasteiger partial charge in [0.1, 0.15) is 11.9 Å². The lowest BCUT2D eigenvalue weighted by molar-refractivity contribution is -0.138. The van der Waals surface area contributed by atoms with E-state index in [4.69, 9.17) is 5.11 Å². The van der Waals surface area contributed by atoms with Gasteiger partial charge in [-0.2, -0.15) is 13.2 Å². The molecule has 0 aromatic heterocycles. The largest absolute Gasteiger partial charge is 0.480 e. The van der Waals surface area contributed by atoms with Crippen LogP contribution < -0.4 is 5.32 Å². The molecule has 3 nitrogen and oxygen atoms in total. The molecule has 0 bridgehead atoms. The van der Waals surface area contributed by atoms with Crippen LogP contribution in [0, 0.1) is 5.82 Å². The van der Waals surface area contributed by atoms with Gasteiger partial charge < -0.3 is 10.4 Å². The van der Waals surface area contributed by atoms with Crippen molar-refractivity contribution in [3.05, 3.63) is 29.6 Å². The van der Waals surface area contributed by atoms with Crippen molar-refractivity contribution in [1.82, 2.24) is 0 Å². The molecule has 1 atom stereocenters. The minimum absolute atomic E-state index is 0.491. The molecule has 7 heteroatoms. The Balaban J connectivity index is 3.03. The van der Waals surface area contributed by atoms with Crippen molar-refractivity contribution in [2.24, 2.45) is 0 Å². The number of aliphatic carboxylic acids is 1. The highest BCUT2D eigenvalue weighted by Gasteiger charge is 2.31. The van der Waals surface area contributed by atoms with E-state index in [2.05, 4.69) is 5.32 Å². The molecule has 0 saturated heterocycles. The highest BCUT2D eigenvalue weighted by atomic mass is 19.4. The standard InChI is InChI=1S/C10H9F4NO2/c1-5(9(16)17)15-8-4-6(10(12,13)14)2-3-7(8)11/h2-5,15H,1H3,(H,16,17). The van der Waals surface area contributed by atoms with Gasteiger partial charge in [-0.25, -0.2) is 4.39 Å². The first kappa shape index (κ1) is 13.3. The fraction of sp³-hybridized carbons (Fsp3) is 0.300. The van der Waals surface area contributed by atoms with Crippen LogP contribution in [0.4, 0.5) is 23.2 Å². The maximum Gasteiger partial charge on any atom is 0.416 e. The van der Waals surface area contributed by atoms with Gasteiger partial charge in [-0.1, -0.05) is 0 Å². The summed E-state index contributed by atoms with van der Waals surface area (Å²) in [5.74, 6) is -2.23. The van der Waals surface area contributed by atoms with Crippen LogP contribution in [0.5, 0.6) is 0 Å². The summed E-state index contributed by atoms with van der Waals surface area (Å²) >= 11 is 0. The molecule has 0 spiro atoms. The first-order valence-electron chi connectivity index (χ1n) is 4.58. The number of hydrogen-bond donors (Lipinski definition) is 2. The number of carboxylic acid groups (broad SMARTS) is 1. The summed E-state index contributed by atoms with van der Waals surface area (Å²) < 4.78 is 50.1. The first-order valence-corrected chi connectivity index (χ1v) is 4.58. The highest BCUT2D eigenvalue weighted by Crippen LogP contribution is 2.31. The molecule has 0 amide bonds. The zero-order valence-electron chi connectivity index (χ0n) is 8.68. The zero-order valence-corrected chi connectivity index (χ0v) is 8.68. The van der Waals surface area contributed by atoms with Gasteiger partial charge >= 0.3 is 12.1 Å². The van der Waals surface area contributed by atoms with Crippen LogP contribution in [0.2, 0.25) is 0 Å². The average molecular weight is 251 g/mol. The van der Waals surface area contributed by atoms with Crippen molar-refractivity contribution in [1.29, 1.82) is 0 Å². The van der Waals surface area contributed by atoms with Crippen molar-refractivity contribution >= 4 is 11.7 Å². The molecule has 0 aliphatic carbocycles. The summed E-state index contributed by atoms with van der Waals surface area (Å²) in [7, 11) is 0. The Kier molecular flexibility index (Phi) is 3.59. The van der Waals surface area contributed by atoms with Gasteiger partial charge in [0.15, 0.2) is 0 Å². The van der Waals surface area contributed by atoms with Gasteiger partial charge in [-0.3, -0.25) is 4.79 Å². The number of anilines is 1. The lowest BCUT2D eigenvalue weighted by atomic mass is 10.1. The molecule has 1 aromatic carbocycles. The van der Waals surface area contributed by atoms with E-state index in [-0.39, 0.29) is 0 Å². The number of rotatable bonds is 3. The van der Waals surface area contributed by atoms with E-state index in [1.54, 1.807) is 0 Å². The molecule has 0 heterocycles. The van der Waals surface area contributed by atoms with E-state index in [9.17, 15) is 22.4 Å². The predicted octanol–water partition coefficient (Wildman–Crippen LogP) is 2.73. The summed E-state index contributed by atoms with van der Waals surface area (Å²) in [4.78, 5) is 10.5. The Morgan fingerprint density at radius 2 is 2.00 bits per heavy atom. The van der Waals surface area contributed by atoms with Crippen molar-refractivity contribution in [3.63, 3.8) is 0 Å². The lowest BCUT2D eigenvalue weighted by Crippen LogP contribution is -2.26. The number of benzene rings is 1. The number of alkyl halides is 3. The molecule has 17 heavy (non-hydrogen) atoms. The fourth-order valence-corrected chi connectivity index (χ4v) is 1.11. The van der Waals surface area contributed by atoms with Crippen molar-refractivity contribution < 1.29 is 27.5 Å². The molecule has 1 rings (SSSR count). The topological polar surface area (TPSA) is 49.3 Å². The molecule has 0 aliphatic heterocycles. The van der Waals surface area contributed by atoms with Gasteiger partial charge in [0.25, 0.3) is 0 Å². The van der Waals surface area contributed by atoms with Gasteiger partial charge in [-0.05, 0) is 25.1 Å². The van der Waals surface area contributed by atoms with Crippen LogP contribution in [-0.2, 0) is 11.0 Å². The van der Waals surface area contributed by atoms with Crippen LogP contribution in [0.15, 0.2) is 18.2 Å². The number of hydrogen-bond acceptors (Lipinski definition) is 2. The number of carboxylic acids is 1. The second-order valence-electron chi connectivity index (χ2n) is 3.40. The van der Waals surface area contributed by atoms with Gasteiger partial charge in [0.05, 0.1) is 11.3 Å². The van der Waals surface area contributed by atoms with E-state index >= 15 is 0 Å². The van der Waals surface area contributed by atoms with Gasteiger partial charge in [-0.15, -0.1) is 0 Å². The smallest absolute Gasteiger partial charge is 0.416 e. The minimum atomic E-state index is -4.60. The van der Waals surface area contributed by atoms with Crippen molar-refractivity contribution in [2.75, 3.05) is 5.32 Å². The van der Waals surface area contributed by atoms with Crippen LogP contribution in [0.1, 0.15) is 12.5 Å². The maximum absolute atomic E-state index is 13.2. The molecule has 2 N–H and O–H groups in total. The summed E-state index contributed by atoms with van der Waals surface area (Å²) in [5, 5.41) is 10.7. The normalized spacial score (nSPS) is 13.2. The molecule has 0 fully saturated rings. The summed E-state index contributed by atoms with van der Waals surface area (Å²) in [6, 6.07) is 0.577. The SMILES string of the molecule is CC(Nc1cc(C(F)(F)F)ccc1F)C(=O)O. The van der Waals surface area contributed by atoms with Crippen LogP contribution in [-0.4, -0.2) is 17.1 Å². The quantitative estimate of drug-likeness (QED) is 0.812. The summed E-state index contributed by atoms with van der Waals surface area (Å²) in [6.45, 7) is 1.20. The number of halogens is 4. The molecule has 1 unspecified atom stereocenters. The number of carbonyl (C=O) groups is 1. The second-order valence-corrected chi connectivity index (χ2v) is 3.40. The van der Waals surface area contributed by atoms with Crippen molar-refractivity contribution in [2.45, 2.75) is 19.1 Å². The molecular formula is C10H9F4NO2. The van der Waals surface area contributed by atoms with Crippen LogP contribution in [0.25, 0.3) is 0 Å². The predicted molar refractivity (Wildman–Crippen MR) is 52.1 cm³/mol. The van der Waals surface area contributed by atoms with Crippen LogP contribution >= 0.6 is 0 Å². The minimum Gasteiger partial charge on any atom is -0.480 e. The molecule has 0 radical (unpaired) electrons. The Morgan fingerprint density at radius 1 is 1.41 bits per heavy atom. The average Bonchev–Trinajstić information content (AvgIpc) is 2.19. The van der Waals surface area contributed by atoms with E-state index in [1.165, 1.54) is 6.92 Å². The zero-order chi connectivity index (χ0) is 13.2.